The molecule has 0 radical (unpaired) electrons. The summed E-state index contributed by atoms with van der Waals surface area (Å²) >= 11 is 0. The van der Waals surface area contributed by atoms with E-state index in [-0.39, 0.29) is 42.8 Å². The molecule has 8 heteroatoms. The number of benzene rings is 3. The second-order valence-electron chi connectivity index (χ2n) is 8.57. The average Bonchev–Trinajstić information content (AvgIpc) is 3.64. The highest BCUT2D eigenvalue weighted by molar-refractivity contribution is 6.25. The van der Waals surface area contributed by atoms with Gasteiger partial charge in [0.2, 0.25) is 5.91 Å². The molecular weight excluding hydrogens is 432 g/mol. The molecule has 1 aliphatic heterocycles. The van der Waals surface area contributed by atoms with Gasteiger partial charge in [-0.15, -0.1) is 0 Å². The SMILES string of the molecule is O=C(CCCN1C(=O)c2cccc3cccc(c23)C1=O)Nc1ccc(NC(=O)NC2CC2)cc1. The van der Waals surface area contributed by atoms with Gasteiger partial charge in [0.15, 0.2) is 0 Å². The minimum Gasteiger partial charge on any atom is -0.335 e. The fraction of sp³-hybridized carbons (Fsp3) is 0.231. The minimum atomic E-state index is -0.330. The predicted octanol–water partition coefficient (Wildman–Crippen LogP) is 4.14. The van der Waals surface area contributed by atoms with E-state index < -0.39 is 0 Å². The molecule has 0 spiro atoms. The summed E-state index contributed by atoms with van der Waals surface area (Å²) in [5.74, 6) is -0.876. The zero-order valence-corrected chi connectivity index (χ0v) is 18.5. The lowest BCUT2D eigenvalue weighted by atomic mass is 9.94. The van der Waals surface area contributed by atoms with Gasteiger partial charge < -0.3 is 16.0 Å². The van der Waals surface area contributed by atoms with Crippen molar-refractivity contribution < 1.29 is 19.2 Å². The first kappa shape index (κ1) is 21.6. The number of nitrogens with zero attached hydrogens (tertiary/aromatic N) is 1. The maximum Gasteiger partial charge on any atom is 0.319 e. The van der Waals surface area contributed by atoms with Crippen molar-refractivity contribution in [3.8, 4) is 0 Å². The molecular formula is C26H24N4O4. The van der Waals surface area contributed by atoms with Crippen molar-refractivity contribution in [3.05, 3.63) is 71.8 Å². The van der Waals surface area contributed by atoms with E-state index >= 15 is 0 Å². The molecule has 34 heavy (non-hydrogen) atoms. The van der Waals surface area contributed by atoms with E-state index in [0.717, 1.165) is 18.2 Å². The van der Waals surface area contributed by atoms with Gasteiger partial charge in [0.05, 0.1) is 0 Å². The first-order valence-corrected chi connectivity index (χ1v) is 11.3. The third-order valence-electron chi connectivity index (χ3n) is 5.98. The number of carbonyl (C=O) groups is 4. The lowest BCUT2D eigenvalue weighted by Crippen LogP contribution is -2.41. The second kappa shape index (κ2) is 8.97. The second-order valence-corrected chi connectivity index (χ2v) is 8.57. The Hall–Kier alpha value is -4.20. The topological polar surface area (TPSA) is 108 Å². The minimum absolute atomic E-state index is 0.159. The van der Waals surface area contributed by atoms with Crippen LogP contribution in [0.2, 0.25) is 0 Å². The summed E-state index contributed by atoms with van der Waals surface area (Å²) in [6, 6.07) is 17.7. The van der Waals surface area contributed by atoms with Crippen LogP contribution in [-0.4, -0.2) is 41.2 Å². The van der Waals surface area contributed by atoms with Crippen LogP contribution in [0.5, 0.6) is 0 Å². The van der Waals surface area contributed by atoms with E-state index in [2.05, 4.69) is 16.0 Å². The monoisotopic (exact) mass is 456 g/mol. The smallest absolute Gasteiger partial charge is 0.319 e. The molecule has 0 atom stereocenters. The summed E-state index contributed by atoms with van der Waals surface area (Å²) in [6.45, 7) is 0.161. The van der Waals surface area contributed by atoms with Crippen molar-refractivity contribution in [2.75, 3.05) is 17.2 Å². The van der Waals surface area contributed by atoms with Crippen molar-refractivity contribution in [1.82, 2.24) is 10.2 Å². The molecule has 1 saturated carbocycles. The molecule has 0 bridgehead atoms. The van der Waals surface area contributed by atoms with Gasteiger partial charge in [-0.05, 0) is 61.0 Å². The van der Waals surface area contributed by atoms with E-state index in [9.17, 15) is 19.2 Å². The number of hydrogen-bond donors (Lipinski definition) is 3. The largest absolute Gasteiger partial charge is 0.335 e. The van der Waals surface area contributed by atoms with Crippen LogP contribution >= 0.6 is 0 Å². The normalized spacial score (nSPS) is 14.8. The van der Waals surface area contributed by atoms with Gasteiger partial charge in [0.1, 0.15) is 0 Å². The molecule has 8 nitrogen and oxygen atoms in total. The van der Waals surface area contributed by atoms with Crippen molar-refractivity contribution in [3.63, 3.8) is 0 Å². The summed E-state index contributed by atoms with van der Waals surface area (Å²) in [7, 11) is 0. The highest BCUT2D eigenvalue weighted by Gasteiger charge is 2.32. The van der Waals surface area contributed by atoms with Crippen LogP contribution < -0.4 is 16.0 Å². The van der Waals surface area contributed by atoms with Crippen LogP contribution in [0.1, 0.15) is 46.4 Å². The number of rotatable bonds is 7. The van der Waals surface area contributed by atoms with E-state index in [1.165, 1.54) is 4.90 Å². The third-order valence-corrected chi connectivity index (χ3v) is 5.98. The quantitative estimate of drug-likeness (QED) is 0.465. The fourth-order valence-corrected chi connectivity index (χ4v) is 4.12. The Morgan fingerprint density at radius 1 is 0.824 bits per heavy atom. The Labute approximate surface area is 196 Å². The molecule has 5 rings (SSSR count). The summed E-state index contributed by atoms with van der Waals surface area (Å²) in [6.07, 6.45) is 2.54. The van der Waals surface area contributed by atoms with Gasteiger partial charge >= 0.3 is 6.03 Å². The van der Waals surface area contributed by atoms with Gasteiger partial charge in [-0.1, -0.05) is 24.3 Å². The predicted molar refractivity (Wildman–Crippen MR) is 129 cm³/mol. The first-order chi connectivity index (χ1) is 16.5. The number of amides is 5. The molecule has 2 aliphatic rings. The number of carbonyl (C=O) groups excluding carboxylic acids is 4. The number of anilines is 2. The Morgan fingerprint density at radius 3 is 2.00 bits per heavy atom. The van der Waals surface area contributed by atoms with Gasteiger partial charge in [-0.3, -0.25) is 19.3 Å². The summed E-state index contributed by atoms with van der Waals surface area (Å²) in [4.78, 5) is 51.2. The molecule has 1 fully saturated rings. The van der Waals surface area contributed by atoms with Crippen LogP contribution in [0.15, 0.2) is 60.7 Å². The number of hydrogen-bond acceptors (Lipinski definition) is 4. The average molecular weight is 457 g/mol. The zero-order valence-electron chi connectivity index (χ0n) is 18.5. The molecule has 5 amide bonds. The molecule has 172 valence electrons. The van der Waals surface area contributed by atoms with Gasteiger partial charge in [-0.2, -0.15) is 0 Å². The zero-order chi connectivity index (χ0) is 23.7. The van der Waals surface area contributed by atoms with Gasteiger partial charge in [-0.25, -0.2) is 4.79 Å². The van der Waals surface area contributed by atoms with E-state index in [1.54, 1.807) is 48.5 Å². The van der Waals surface area contributed by atoms with Crippen molar-refractivity contribution >= 4 is 45.9 Å². The lowest BCUT2D eigenvalue weighted by Gasteiger charge is -2.27. The maximum atomic E-state index is 12.9. The Bertz CT molecular complexity index is 1250. The fourth-order valence-electron chi connectivity index (χ4n) is 4.12. The van der Waals surface area contributed by atoms with E-state index in [4.69, 9.17) is 0 Å². The Kier molecular flexibility index (Phi) is 5.71. The molecule has 3 N–H and O–H groups in total. The Morgan fingerprint density at radius 2 is 1.41 bits per heavy atom. The maximum absolute atomic E-state index is 12.9. The van der Waals surface area contributed by atoms with Crippen LogP contribution in [0, 0.1) is 0 Å². The lowest BCUT2D eigenvalue weighted by molar-refractivity contribution is -0.116. The van der Waals surface area contributed by atoms with E-state index in [0.29, 0.717) is 34.3 Å². The summed E-state index contributed by atoms with van der Waals surface area (Å²) < 4.78 is 0. The van der Waals surface area contributed by atoms with Crippen molar-refractivity contribution in [2.45, 2.75) is 31.7 Å². The van der Waals surface area contributed by atoms with Crippen LogP contribution in [0.25, 0.3) is 10.8 Å². The molecule has 1 heterocycles. The van der Waals surface area contributed by atoms with Crippen molar-refractivity contribution in [2.24, 2.45) is 0 Å². The van der Waals surface area contributed by atoms with E-state index in [1.807, 2.05) is 12.1 Å². The Balaban J connectivity index is 1.14. The van der Waals surface area contributed by atoms with Crippen molar-refractivity contribution in [1.29, 1.82) is 0 Å². The highest BCUT2D eigenvalue weighted by Crippen LogP contribution is 2.30. The standard InChI is InChI=1S/C26H24N4O4/c31-22(27-17-9-11-18(12-10-17)28-26(34)29-19-13-14-19)8-3-15-30-24(32)20-6-1-4-16-5-2-7-21(23(16)20)25(30)33/h1-2,4-7,9-12,19H,3,8,13-15H2,(H,27,31)(H2,28,29,34). The summed E-state index contributed by atoms with van der Waals surface area (Å²) in [5.41, 5.74) is 2.26. The number of nitrogens with one attached hydrogen (secondary N) is 3. The summed E-state index contributed by atoms with van der Waals surface area (Å²) in [5, 5.41) is 9.95. The third kappa shape index (κ3) is 4.47. The number of urea groups is 1. The molecule has 0 unspecified atom stereocenters. The van der Waals surface area contributed by atoms with Gasteiger partial charge in [0.25, 0.3) is 11.8 Å². The van der Waals surface area contributed by atoms with Crippen LogP contribution in [0.3, 0.4) is 0 Å². The van der Waals surface area contributed by atoms with Crippen LogP contribution in [-0.2, 0) is 4.79 Å². The van der Waals surface area contributed by atoms with Crippen LogP contribution in [0.4, 0.5) is 16.2 Å². The van der Waals surface area contributed by atoms with Gasteiger partial charge in [0, 0.05) is 46.9 Å². The first-order valence-electron chi connectivity index (χ1n) is 11.3. The highest BCUT2D eigenvalue weighted by atomic mass is 16.2. The molecule has 0 saturated heterocycles. The molecule has 3 aromatic rings. The molecule has 3 aromatic carbocycles. The molecule has 0 aromatic heterocycles. The number of imide groups is 1. The molecule has 1 aliphatic carbocycles.